The van der Waals surface area contributed by atoms with Crippen molar-refractivity contribution in [2.75, 3.05) is 38.3 Å². The number of aromatic nitrogens is 4. The van der Waals surface area contributed by atoms with Crippen LogP contribution in [0.3, 0.4) is 0 Å². The van der Waals surface area contributed by atoms with Crippen LogP contribution in [0.1, 0.15) is 37.3 Å². The molecule has 0 spiro atoms. The number of nitrogens with zero attached hydrogens (tertiary/aromatic N) is 5. The quantitative estimate of drug-likeness (QED) is 0.534. The average Bonchev–Trinajstić information content (AvgIpc) is 3.46. The fraction of sp³-hybridized carbons (Fsp3) is 0.520. The van der Waals surface area contributed by atoms with Gasteiger partial charge in [-0.1, -0.05) is 24.3 Å². The molecule has 3 aromatic rings. The molecular formula is C25H29N5O4. The Hall–Kier alpha value is -3.04. The maximum absolute atomic E-state index is 11.7. The Labute approximate surface area is 198 Å². The summed E-state index contributed by atoms with van der Waals surface area (Å²) in [5.74, 6) is 0.470. The third-order valence-corrected chi connectivity index (χ3v) is 7.05. The molecule has 3 unspecified atom stereocenters. The maximum atomic E-state index is 11.7. The van der Waals surface area contributed by atoms with Gasteiger partial charge in [-0.05, 0) is 31.2 Å². The SMILES string of the molecule is COC(=O)Cc1ccc(-c2nc(N3CC4CCC(C3)O4)nc3c2cnn3C2CCCOC2)cc1. The molecule has 3 aliphatic heterocycles. The van der Waals surface area contributed by atoms with Crippen molar-refractivity contribution in [2.24, 2.45) is 0 Å². The molecule has 9 nitrogen and oxygen atoms in total. The summed E-state index contributed by atoms with van der Waals surface area (Å²) in [5.41, 5.74) is 3.57. The fourth-order valence-electron chi connectivity index (χ4n) is 5.26. The van der Waals surface area contributed by atoms with Gasteiger partial charge in [0.1, 0.15) is 0 Å². The highest BCUT2D eigenvalue weighted by Gasteiger charge is 2.35. The number of ether oxygens (including phenoxy) is 3. The molecule has 1 aromatic carbocycles. The fourth-order valence-corrected chi connectivity index (χ4v) is 5.26. The molecule has 0 saturated carbocycles. The zero-order chi connectivity index (χ0) is 23.1. The van der Waals surface area contributed by atoms with E-state index in [0.29, 0.717) is 6.61 Å². The Morgan fingerprint density at radius 3 is 2.62 bits per heavy atom. The summed E-state index contributed by atoms with van der Waals surface area (Å²) in [6.07, 6.45) is 6.84. The van der Waals surface area contributed by atoms with Crippen molar-refractivity contribution in [3.63, 3.8) is 0 Å². The van der Waals surface area contributed by atoms with Gasteiger partial charge in [-0.3, -0.25) is 4.79 Å². The minimum absolute atomic E-state index is 0.171. The summed E-state index contributed by atoms with van der Waals surface area (Å²) in [6.45, 7) is 3.06. The van der Waals surface area contributed by atoms with Crippen LogP contribution in [0.2, 0.25) is 0 Å². The van der Waals surface area contributed by atoms with Gasteiger partial charge in [0, 0.05) is 25.3 Å². The van der Waals surface area contributed by atoms with Crippen molar-refractivity contribution < 1.29 is 19.0 Å². The van der Waals surface area contributed by atoms with Crippen LogP contribution in [0.5, 0.6) is 0 Å². The summed E-state index contributed by atoms with van der Waals surface area (Å²) in [7, 11) is 1.41. The number of hydrogen-bond acceptors (Lipinski definition) is 8. The number of benzene rings is 1. The highest BCUT2D eigenvalue weighted by atomic mass is 16.5. The molecule has 0 N–H and O–H groups in total. The average molecular weight is 464 g/mol. The summed E-state index contributed by atoms with van der Waals surface area (Å²) in [6, 6.07) is 8.09. The molecule has 178 valence electrons. The molecule has 0 amide bonds. The van der Waals surface area contributed by atoms with Crippen LogP contribution >= 0.6 is 0 Å². The highest BCUT2D eigenvalue weighted by molar-refractivity contribution is 5.91. The van der Waals surface area contributed by atoms with Gasteiger partial charge in [0.05, 0.1) is 55.7 Å². The van der Waals surface area contributed by atoms with Crippen molar-refractivity contribution in [1.29, 1.82) is 0 Å². The number of methoxy groups -OCH3 is 1. The van der Waals surface area contributed by atoms with Crippen molar-refractivity contribution in [3.8, 4) is 11.3 Å². The number of fused-ring (bicyclic) bond motifs is 3. The summed E-state index contributed by atoms with van der Waals surface area (Å²) < 4.78 is 18.6. The Morgan fingerprint density at radius 1 is 1.12 bits per heavy atom. The Balaban J connectivity index is 1.42. The Morgan fingerprint density at radius 2 is 1.91 bits per heavy atom. The van der Waals surface area contributed by atoms with E-state index in [0.717, 1.165) is 79.2 Å². The molecule has 3 fully saturated rings. The van der Waals surface area contributed by atoms with Crippen molar-refractivity contribution in [3.05, 3.63) is 36.0 Å². The Kier molecular flexibility index (Phi) is 5.66. The lowest BCUT2D eigenvalue weighted by molar-refractivity contribution is -0.139. The molecule has 0 aliphatic carbocycles. The lowest BCUT2D eigenvalue weighted by Gasteiger charge is -2.32. The van der Waals surface area contributed by atoms with Crippen LogP contribution in [-0.4, -0.2) is 71.3 Å². The van der Waals surface area contributed by atoms with Crippen molar-refractivity contribution in [1.82, 2.24) is 19.7 Å². The number of carbonyl (C=O) groups excluding carboxylic acids is 1. The van der Waals surface area contributed by atoms with Crippen molar-refractivity contribution in [2.45, 2.75) is 50.4 Å². The molecule has 34 heavy (non-hydrogen) atoms. The van der Waals surface area contributed by atoms with E-state index >= 15 is 0 Å². The van der Waals surface area contributed by atoms with E-state index in [4.69, 9.17) is 29.3 Å². The van der Waals surface area contributed by atoms with E-state index in [9.17, 15) is 4.79 Å². The first-order valence-electron chi connectivity index (χ1n) is 12.1. The molecule has 3 saturated heterocycles. The first-order chi connectivity index (χ1) is 16.7. The molecule has 3 atom stereocenters. The zero-order valence-corrected chi connectivity index (χ0v) is 19.4. The minimum Gasteiger partial charge on any atom is -0.469 e. The molecule has 6 rings (SSSR count). The summed E-state index contributed by atoms with van der Waals surface area (Å²) in [5, 5.41) is 5.65. The third kappa shape index (κ3) is 4.03. The molecular weight excluding hydrogens is 434 g/mol. The third-order valence-electron chi connectivity index (χ3n) is 7.05. The first-order valence-corrected chi connectivity index (χ1v) is 12.1. The van der Waals surface area contributed by atoms with E-state index in [2.05, 4.69) is 4.90 Å². The summed E-state index contributed by atoms with van der Waals surface area (Å²) >= 11 is 0. The first kappa shape index (κ1) is 21.5. The van der Waals surface area contributed by atoms with Gasteiger partial charge in [0.2, 0.25) is 5.95 Å². The number of hydrogen-bond donors (Lipinski definition) is 0. The van der Waals surface area contributed by atoms with Crippen LogP contribution in [-0.2, 0) is 25.4 Å². The predicted octanol–water partition coefficient (Wildman–Crippen LogP) is 2.93. The van der Waals surface area contributed by atoms with Crippen LogP contribution in [0, 0.1) is 0 Å². The van der Waals surface area contributed by atoms with Crippen LogP contribution in [0.4, 0.5) is 5.95 Å². The lowest BCUT2D eigenvalue weighted by Crippen LogP contribution is -2.43. The van der Waals surface area contributed by atoms with E-state index in [1.807, 2.05) is 35.1 Å². The number of anilines is 1. The van der Waals surface area contributed by atoms with Crippen molar-refractivity contribution >= 4 is 23.0 Å². The second kappa shape index (κ2) is 8.96. The van der Waals surface area contributed by atoms with Gasteiger partial charge in [-0.25, -0.2) is 9.67 Å². The molecule has 3 aliphatic rings. The number of esters is 1. The van der Waals surface area contributed by atoms with Crippen LogP contribution in [0.25, 0.3) is 22.3 Å². The van der Waals surface area contributed by atoms with Gasteiger partial charge in [0.25, 0.3) is 0 Å². The zero-order valence-electron chi connectivity index (χ0n) is 19.4. The van der Waals surface area contributed by atoms with Gasteiger partial charge < -0.3 is 19.1 Å². The summed E-state index contributed by atoms with van der Waals surface area (Å²) in [4.78, 5) is 24.0. The predicted molar refractivity (Wildman–Crippen MR) is 126 cm³/mol. The largest absolute Gasteiger partial charge is 0.469 e. The van der Waals surface area contributed by atoms with Crippen LogP contribution < -0.4 is 4.90 Å². The van der Waals surface area contributed by atoms with E-state index < -0.39 is 0 Å². The topological polar surface area (TPSA) is 91.6 Å². The molecule has 0 radical (unpaired) electrons. The number of rotatable bonds is 5. The normalized spacial score (nSPS) is 24.5. The smallest absolute Gasteiger partial charge is 0.309 e. The lowest BCUT2D eigenvalue weighted by atomic mass is 10.1. The molecule has 5 heterocycles. The molecule has 9 heteroatoms. The maximum Gasteiger partial charge on any atom is 0.309 e. The second-order valence-electron chi connectivity index (χ2n) is 9.38. The van der Waals surface area contributed by atoms with E-state index in [-0.39, 0.29) is 30.6 Å². The molecule has 2 aromatic heterocycles. The van der Waals surface area contributed by atoms with Crippen LogP contribution in [0.15, 0.2) is 30.5 Å². The standard InChI is InChI=1S/C25H29N5O4/c1-32-22(31)11-16-4-6-17(7-5-16)23-21-12-26-30(18-3-2-10-33-15-18)24(21)28-25(27-23)29-13-19-8-9-20(14-29)34-19/h4-7,12,18-20H,2-3,8-11,13-15H2,1H3. The molecule has 2 bridgehead atoms. The van der Waals surface area contributed by atoms with Gasteiger partial charge >= 0.3 is 5.97 Å². The second-order valence-corrected chi connectivity index (χ2v) is 9.38. The number of carbonyl (C=O) groups is 1. The van der Waals surface area contributed by atoms with Gasteiger partial charge in [0.15, 0.2) is 5.65 Å². The van der Waals surface area contributed by atoms with E-state index in [1.54, 1.807) is 0 Å². The highest BCUT2D eigenvalue weighted by Crippen LogP contribution is 2.34. The monoisotopic (exact) mass is 463 g/mol. The van der Waals surface area contributed by atoms with Gasteiger partial charge in [-0.2, -0.15) is 10.1 Å². The number of morpholine rings is 1. The van der Waals surface area contributed by atoms with E-state index in [1.165, 1.54) is 7.11 Å². The minimum atomic E-state index is -0.252. The Bertz CT molecular complexity index is 1180. The van der Waals surface area contributed by atoms with Gasteiger partial charge in [-0.15, -0.1) is 0 Å².